The Kier molecular flexibility index (Phi) is 7.59. The number of hydrogen-bond acceptors (Lipinski definition) is 5. The number of nitrogens with one attached hydrogen (secondary N) is 1. The maximum Gasteiger partial charge on any atom is 0.160 e. The van der Waals surface area contributed by atoms with Crippen molar-refractivity contribution in [2.75, 3.05) is 17.3 Å². The van der Waals surface area contributed by atoms with Crippen LogP contribution in [0.1, 0.15) is 11.7 Å². The minimum absolute atomic E-state index is 0.111. The topological polar surface area (TPSA) is 41.1 Å². The zero-order valence-corrected chi connectivity index (χ0v) is 29.9. The molecule has 0 saturated heterocycles. The van der Waals surface area contributed by atoms with E-state index in [1.807, 2.05) is 17.4 Å². The Balaban J connectivity index is 0.967. The second kappa shape index (κ2) is 12.9. The fourth-order valence-corrected chi connectivity index (χ4v) is 8.57. The number of fused-ring (bicyclic) bond motifs is 4. The van der Waals surface area contributed by atoms with Gasteiger partial charge in [0.2, 0.25) is 0 Å². The van der Waals surface area contributed by atoms with Crippen molar-refractivity contribution in [3.05, 3.63) is 181 Å². The molecule has 0 bridgehead atoms. The van der Waals surface area contributed by atoms with E-state index in [2.05, 4.69) is 187 Å². The summed E-state index contributed by atoms with van der Waals surface area (Å²) in [6, 6.07) is 62.5. The number of aromatic nitrogens is 2. The largest absolute Gasteiger partial charge is 0.360 e. The molecule has 2 aromatic heterocycles. The van der Waals surface area contributed by atoms with Crippen LogP contribution in [0.3, 0.4) is 0 Å². The Morgan fingerprint density at radius 3 is 1.75 bits per heavy atom. The van der Waals surface area contributed by atoms with Gasteiger partial charge in [0.25, 0.3) is 0 Å². The number of nitrogens with zero attached hydrogens (tertiary/aromatic N) is 3. The molecule has 4 nitrogen and oxygen atoms in total. The predicted molar refractivity (Wildman–Crippen MR) is 223 cm³/mol. The molecule has 252 valence electrons. The van der Waals surface area contributed by atoms with Crippen molar-refractivity contribution >= 4 is 42.9 Å². The maximum atomic E-state index is 5.14. The second-order valence-electron chi connectivity index (χ2n) is 13.6. The third-order valence-electron chi connectivity index (χ3n) is 10.3. The molecule has 1 aliphatic rings. The average Bonchev–Trinajstić information content (AvgIpc) is 3.78. The van der Waals surface area contributed by atoms with E-state index >= 15 is 0 Å². The van der Waals surface area contributed by atoms with Crippen LogP contribution in [0.25, 0.3) is 76.3 Å². The summed E-state index contributed by atoms with van der Waals surface area (Å²) in [6.07, 6.45) is 0.111. The minimum Gasteiger partial charge on any atom is -0.360 e. The number of benzene rings is 7. The summed E-state index contributed by atoms with van der Waals surface area (Å²) < 4.78 is 2.64. The Bertz CT molecular complexity index is 2760. The van der Waals surface area contributed by atoms with Gasteiger partial charge in [0.1, 0.15) is 6.17 Å². The normalized spacial score (nSPS) is 13.7. The third-order valence-corrected chi connectivity index (χ3v) is 11.5. The lowest BCUT2D eigenvalue weighted by Crippen LogP contribution is -2.23. The van der Waals surface area contributed by atoms with E-state index < -0.39 is 0 Å². The van der Waals surface area contributed by atoms with Crippen LogP contribution in [0.15, 0.2) is 176 Å². The first-order valence-electron chi connectivity index (χ1n) is 17.9. The molecule has 3 heterocycles. The van der Waals surface area contributed by atoms with Crippen LogP contribution in [0.4, 0.5) is 11.4 Å². The Morgan fingerprint density at radius 2 is 1.02 bits per heavy atom. The first kappa shape index (κ1) is 31.2. The van der Waals surface area contributed by atoms with E-state index in [4.69, 9.17) is 9.97 Å². The fraction of sp³-hybridized carbons (Fsp3) is 0.0417. The van der Waals surface area contributed by atoms with Gasteiger partial charge in [-0.3, -0.25) is 0 Å². The van der Waals surface area contributed by atoms with Crippen LogP contribution in [-0.2, 0) is 0 Å². The number of rotatable bonds is 6. The third kappa shape index (κ3) is 5.72. The molecule has 1 aliphatic heterocycles. The highest BCUT2D eigenvalue weighted by Gasteiger charge is 2.27. The summed E-state index contributed by atoms with van der Waals surface area (Å²) in [5.74, 6) is 0.704. The van der Waals surface area contributed by atoms with Gasteiger partial charge in [-0.15, -0.1) is 11.3 Å². The first-order valence-corrected chi connectivity index (χ1v) is 18.7. The number of hydrogen-bond donors (Lipinski definition) is 1. The molecule has 53 heavy (non-hydrogen) atoms. The Hall–Kier alpha value is -6.56. The maximum absolute atomic E-state index is 5.14. The lowest BCUT2D eigenvalue weighted by molar-refractivity contribution is 0.792. The minimum atomic E-state index is 0.111. The highest BCUT2D eigenvalue weighted by Crippen LogP contribution is 2.42. The van der Waals surface area contributed by atoms with Crippen LogP contribution < -0.4 is 10.2 Å². The molecule has 7 aromatic carbocycles. The summed E-state index contributed by atoms with van der Waals surface area (Å²) >= 11 is 1.85. The lowest BCUT2D eigenvalue weighted by Gasteiger charge is -2.22. The van der Waals surface area contributed by atoms with Gasteiger partial charge in [-0.2, -0.15) is 0 Å². The first-order chi connectivity index (χ1) is 26.1. The van der Waals surface area contributed by atoms with Crippen molar-refractivity contribution in [2.45, 2.75) is 6.17 Å². The van der Waals surface area contributed by atoms with Crippen molar-refractivity contribution in [1.29, 1.82) is 0 Å². The van der Waals surface area contributed by atoms with Gasteiger partial charge in [-0.25, -0.2) is 9.97 Å². The molecule has 5 heteroatoms. The summed E-state index contributed by atoms with van der Waals surface area (Å²) in [6.45, 7) is 0. The molecular formula is C48H34N4S. The highest BCUT2D eigenvalue weighted by molar-refractivity contribution is 7.25. The van der Waals surface area contributed by atoms with E-state index in [0.717, 1.165) is 39.3 Å². The highest BCUT2D eigenvalue weighted by atomic mass is 32.1. The Morgan fingerprint density at radius 1 is 0.472 bits per heavy atom. The summed E-state index contributed by atoms with van der Waals surface area (Å²) in [4.78, 5) is 12.5. The van der Waals surface area contributed by atoms with Crippen molar-refractivity contribution in [2.24, 2.45) is 0 Å². The molecule has 0 aliphatic carbocycles. The van der Waals surface area contributed by atoms with Gasteiger partial charge >= 0.3 is 0 Å². The summed E-state index contributed by atoms with van der Waals surface area (Å²) in [5.41, 5.74) is 13.2. The smallest absolute Gasteiger partial charge is 0.160 e. The number of thiophene rings is 1. The molecule has 0 saturated carbocycles. The zero-order chi connectivity index (χ0) is 35.3. The van der Waals surface area contributed by atoms with Crippen LogP contribution in [0, 0.1) is 0 Å². The summed E-state index contributed by atoms with van der Waals surface area (Å²) in [7, 11) is 2.15. The monoisotopic (exact) mass is 698 g/mol. The van der Waals surface area contributed by atoms with Gasteiger partial charge in [0, 0.05) is 43.9 Å². The van der Waals surface area contributed by atoms with E-state index in [1.165, 1.54) is 48.1 Å². The fourth-order valence-electron chi connectivity index (χ4n) is 7.48. The van der Waals surface area contributed by atoms with Crippen molar-refractivity contribution in [1.82, 2.24) is 9.97 Å². The standard InChI is InChI=1S/C48H34N4S/c1-52-44-29-38(24-26-41(44)51-48(52)36-12-6-3-7-13-36)32-18-22-35(23-19-32)47-49-42(33-10-4-2-5-11-33)30-43(50-47)34-20-16-31(17-21-34)37-25-27-46-40(28-37)39-14-8-9-15-45(39)53-46/h2-30,48,51H,1H3. The van der Waals surface area contributed by atoms with Crippen molar-refractivity contribution in [3.63, 3.8) is 0 Å². The number of anilines is 2. The molecule has 9 aromatic rings. The molecule has 0 spiro atoms. The van der Waals surface area contributed by atoms with Gasteiger partial charge in [0.05, 0.1) is 22.8 Å². The zero-order valence-electron chi connectivity index (χ0n) is 29.1. The molecule has 0 radical (unpaired) electrons. The van der Waals surface area contributed by atoms with Crippen molar-refractivity contribution < 1.29 is 0 Å². The van der Waals surface area contributed by atoms with Gasteiger partial charge in [-0.1, -0.05) is 140 Å². The molecule has 10 rings (SSSR count). The van der Waals surface area contributed by atoms with E-state index in [9.17, 15) is 0 Å². The van der Waals surface area contributed by atoms with E-state index in [0.29, 0.717) is 5.82 Å². The molecule has 1 unspecified atom stereocenters. The van der Waals surface area contributed by atoms with Gasteiger partial charge in [0.15, 0.2) is 5.82 Å². The van der Waals surface area contributed by atoms with E-state index in [1.54, 1.807) is 0 Å². The molecular weight excluding hydrogens is 665 g/mol. The SMILES string of the molecule is CN1c2cc(-c3ccc(-c4nc(-c5ccccc5)cc(-c5ccc(-c6ccc7sc8ccccc8c7c6)cc5)n4)cc3)ccc2NC1c1ccccc1. The van der Waals surface area contributed by atoms with Crippen LogP contribution in [-0.4, -0.2) is 17.0 Å². The van der Waals surface area contributed by atoms with Gasteiger partial charge < -0.3 is 10.2 Å². The lowest BCUT2D eigenvalue weighted by atomic mass is 10.00. The molecule has 0 fully saturated rings. The van der Waals surface area contributed by atoms with Gasteiger partial charge in [-0.05, 0) is 64.2 Å². The molecule has 0 amide bonds. The average molecular weight is 699 g/mol. The van der Waals surface area contributed by atoms with E-state index in [-0.39, 0.29) is 6.17 Å². The van der Waals surface area contributed by atoms with Crippen molar-refractivity contribution in [3.8, 4) is 56.2 Å². The second-order valence-corrected chi connectivity index (χ2v) is 14.7. The summed E-state index contributed by atoms with van der Waals surface area (Å²) in [5, 5.41) is 6.30. The van der Waals surface area contributed by atoms with Crippen LogP contribution in [0.2, 0.25) is 0 Å². The molecule has 1 atom stereocenters. The quantitative estimate of drug-likeness (QED) is 0.188. The molecule has 1 N–H and O–H groups in total. The van der Waals surface area contributed by atoms with Crippen LogP contribution in [0.5, 0.6) is 0 Å². The Labute approximate surface area is 312 Å². The predicted octanol–water partition coefficient (Wildman–Crippen LogP) is 12.7. The van der Waals surface area contributed by atoms with Crippen LogP contribution >= 0.6 is 11.3 Å².